The average molecular weight is 1010 g/mol. The molecular weight excluding hydrogens is 889 g/mol. The zero-order chi connectivity index (χ0) is 52.2. The van der Waals surface area contributed by atoms with E-state index >= 15 is 0 Å². The number of allylic oxidation sites excluding steroid dienone is 4. The Morgan fingerprint density at radius 2 is 0.458 bits per heavy atom. The molecule has 0 fully saturated rings. The summed E-state index contributed by atoms with van der Waals surface area (Å²) in [6.45, 7) is 6.70. The lowest BCUT2D eigenvalue weighted by atomic mass is 10.0. The first-order valence-electron chi connectivity index (χ1n) is 32.3. The Labute approximate surface area is 449 Å². The number of carbonyl (C=O) groups excluding carboxylic acids is 3. The van der Waals surface area contributed by atoms with Gasteiger partial charge in [-0.2, -0.15) is 0 Å². The van der Waals surface area contributed by atoms with Crippen molar-refractivity contribution in [3.8, 4) is 0 Å². The molecule has 0 saturated carbocycles. The largest absolute Gasteiger partial charge is 0.462 e. The van der Waals surface area contributed by atoms with Crippen LogP contribution in [0, 0.1) is 0 Å². The van der Waals surface area contributed by atoms with Gasteiger partial charge in [0.25, 0.3) is 0 Å². The van der Waals surface area contributed by atoms with Crippen LogP contribution in [0.15, 0.2) is 24.3 Å². The summed E-state index contributed by atoms with van der Waals surface area (Å²) in [5, 5.41) is 0. The van der Waals surface area contributed by atoms with Gasteiger partial charge in [-0.3, -0.25) is 14.4 Å². The third-order valence-electron chi connectivity index (χ3n) is 14.7. The molecule has 6 nitrogen and oxygen atoms in total. The molecule has 1 unspecified atom stereocenters. The first-order chi connectivity index (χ1) is 35.5. The van der Waals surface area contributed by atoms with Crippen molar-refractivity contribution >= 4 is 17.9 Å². The molecule has 0 rings (SSSR count). The predicted octanol–water partition coefficient (Wildman–Crippen LogP) is 21.8. The number of unbranched alkanes of at least 4 members (excludes halogenated alkanes) is 45. The van der Waals surface area contributed by atoms with E-state index in [9.17, 15) is 14.4 Å². The lowest BCUT2D eigenvalue weighted by Crippen LogP contribution is -2.30. The van der Waals surface area contributed by atoms with E-state index < -0.39 is 6.10 Å². The van der Waals surface area contributed by atoms with Gasteiger partial charge in [0.05, 0.1) is 0 Å². The van der Waals surface area contributed by atoms with Crippen LogP contribution < -0.4 is 0 Å². The Morgan fingerprint density at radius 3 is 0.694 bits per heavy atom. The maximum atomic E-state index is 12.9. The summed E-state index contributed by atoms with van der Waals surface area (Å²) < 4.78 is 17.0. The van der Waals surface area contributed by atoms with Crippen molar-refractivity contribution < 1.29 is 28.6 Å². The fourth-order valence-corrected chi connectivity index (χ4v) is 9.79. The van der Waals surface area contributed by atoms with Gasteiger partial charge in [-0.15, -0.1) is 0 Å². The Morgan fingerprint density at radius 1 is 0.264 bits per heavy atom. The molecule has 1 atom stereocenters. The third kappa shape index (κ3) is 58.8. The second-order valence-corrected chi connectivity index (χ2v) is 22.0. The molecule has 0 aliphatic rings. The van der Waals surface area contributed by atoms with Crippen molar-refractivity contribution in [3.05, 3.63) is 24.3 Å². The van der Waals surface area contributed by atoms with Crippen LogP contribution in [0.3, 0.4) is 0 Å². The zero-order valence-electron chi connectivity index (χ0n) is 48.7. The molecule has 0 N–H and O–H groups in total. The van der Waals surface area contributed by atoms with Crippen LogP contribution in [0.2, 0.25) is 0 Å². The highest BCUT2D eigenvalue weighted by molar-refractivity contribution is 5.71. The summed E-state index contributed by atoms with van der Waals surface area (Å²) in [5.41, 5.74) is 0. The second-order valence-electron chi connectivity index (χ2n) is 22.0. The minimum absolute atomic E-state index is 0.0692. The topological polar surface area (TPSA) is 78.9 Å². The predicted molar refractivity (Wildman–Crippen MR) is 312 cm³/mol. The molecule has 0 bridgehead atoms. The molecule has 0 aliphatic heterocycles. The van der Waals surface area contributed by atoms with Gasteiger partial charge in [0.15, 0.2) is 6.10 Å². The van der Waals surface area contributed by atoms with Gasteiger partial charge >= 0.3 is 17.9 Å². The van der Waals surface area contributed by atoms with Crippen LogP contribution in [0.4, 0.5) is 0 Å². The summed E-state index contributed by atoms with van der Waals surface area (Å²) >= 11 is 0. The molecule has 0 spiro atoms. The molecule has 0 aliphatic carbocycles. The standard InChI is InChI=1S/C66H124O6/c1-4-7-10-13-16-19-22-25-28-31-33-36-38-41-44-47-50-53-56-59-65(68)71-62-63(61-70-64(67)58-55-52-49-46-43-40-37-34-30-27-24-21-18-15-12-9-6-3)72-66(69)60-57-54-51-48-45-42-39-35-32-29-26-23-20-17-14-11-8-5-2/h27,29-30,32,63H,4-26,28,31,33-62H2,1-3H3/b30-27-,32-29-. The first kappa shape index (κ1) is 69.9. The Balaban J connectivity index is 4.33. The number of carbonyl (C=O) groups is 3. The minimum atomic E-state index is -0.773. The van der Waals surface area contributed by atoms with E-state index in [0.717, 1.165) is 57.8 Å². The monoisotopic (exact) mass is 1010 g/mol. The molecule has 0 heterocycles. The molecule has 6 heteroatoms. The van der Waals surface area contributed by atoms with Gasteiger partial charge in [-0.05, 0) is 70.6 Å². The number of hydrogen-bond acceptors (Lipinski definition) is 6. The summed E-state index contributed by atoms with van der Waals surface area (Å²) in [7, 11) is 0. The van der Waals surface area contributed by atoms with E-state index in [2.05, 4.69) is 45.1 Å². The number of ether oxygens (including phenoxy) is 3. The van der Waals surface area contributed by atoms with E-state index in [4.69, 9.17) is 14.2 Å². The van der Waals surface area contributed by atoms with E-state index in [0.29, 0.717) is 19.3 Å². The van der Waals surface area contributed by atoms with Crippen LogP contribution in [0.5, 0.6) is 0 Å². The van der Waals surface area contributed by atoms with Crippen molar-refractivity contribution in [2.75, 3.05) is 13.2 Å². The van der Waals surface area contributed by atoms with Gasteiger partial charge < -0.3 is 14.2 Å². The van der Waals surface area contributed by atoms with Crippen LogP contribution in [0.1, 0.15) is 361 Å². The maximum Gasteiger partial charge on any atom is 0.306 e. The first-order valence-corrected chi connectivity index (χ1v) is 32.3. The Hall–Kier alpha value is -2.11. The van der Waals surface area contributed by atoms with Gasteiger partial charge in [0.1, 0.15) is 13.2 Å². The highest BCUT2D eigenvalue weighted by Gasteiger charge is 2.19. The third-order valence-corrected chi connectivity index (χ3v) is 14.7. The van der Waals surface area contributed by atoms with Crippen molar-refractivity contribution in [3.63, 3.8) is 0 Å². The molecule has 0 aromatic carbocycles. The highest BCUT2D eigenvalue weighted by Crippen LogP contribution is 2.18. The Bertz CT molecular complexity index is 1160. The highest BCUT2D eigenvalue weighted by atomic mass is 16.6. The summed E-state index contributed by atoms with van der Waals surface area (Å²) in [6.07, 6.45) is 73.2. The number of esters is 3. The van der Waals surface area contributed by atoms with E-state index in [1.807, 2.05) is 0 Å². The molecule has 0 amide bonds. The van der Waals surface area contributed by atoms with Crippen LogP contribution in [-0.4, -0.2) is 37.2 Å². The van der Waals surface area contributed by atoms with Gasteiger partial charge in [0, 0.05) is 19.3 Å². The smallest absolute Gasteiger partial charge is 0.306 e. The van der Waals surface area contributed by atoms with Crippen molar-refractivity contribution in [2.24, 2.45) is 0 Å². The van der Waals surface area contributed by atoms with Crippen LogP contribution in [0.25, 0.3) is 0 Å². The normalized spacial score (nSPS) is 12.1. The summed E-state index contributed by atoms with van der Waals surface area (Å²) in [5.74, 6) is -0.851. The minimum Gasteiger partial charge on any atom is -0.462 e. The van der Waals surface area contributed by atoms with Crippen LogP contribution in [-0.2, 0) is 28.6 Å². The fraction of sp³-hybridized carbons (Fsp3) is 0.894. The molecule has 0 radical (unpaired) electrons. The average Bonchev–Trinajstić information content (AvgIpc) is 3.38. The SMILES string of the molecule is CCCCCCCC/C=C\CCCCCCCCCC(=O)OCC(COC(=O)CCCCCCCCCCCCCCCCCCCCC)OC(=O)CCCCCCCCC/C=C\CCCCCCCCC. The van der Waals surface area contributed by atoms with Crippen molar-refractivity contribution in [2.45, 2.75) is 367 Å². The fourth-order valence-electron chi connectivity index (χ4n) is 9.79. The number of rotatable bonds is 60. The van der Waals surface area contributed by atoms with Crippen molar-refractivity contribution in [1.29, 1.82) is 0 Å². The van der Waals surface area contributed by atoms with Gasteiger partial charge in [-0.1, -0.05) is 295 Å². The molecule has 424 valence electrons. The zero-order valence-corrected chi connectivity index (χ0v) is 48.7. The van der Waals surface area contributed by atoms with Crippen molar-refractivity contribution in [1.82, 2.24) is 0 Å². The molecule has 0 saturated heterocycles. The quantitative estimate of drug-likeness (QED) is 0.0261. The van der Waals surface area contributed by atoms with E-state index in [1.165, 1.54) is 263 Å². The maximum absolute atomic E-state index is 12.9. The number of hydrogen-bond donors (Lipinski definition) is 0. The second kappa shape index (κ2) is 61.4. The van der Waals surface area contributed by atoms with Crippen LogP contribution >= 0.6 is 0 Å². The lowest BCUT2D eigenvalue weighted by molar-refractivity contribution is -0.167. The Kier molecular flexibility index (Phi) is 59.6. The lowest BCUT2D eigenvalue weighted by Gasteiger charge is -2.18. The molecule has 0 aromatic rings. The summed E-state index contributed by atoms with van der Waals surface area (Å²) in [6, 6.07) is 0. The van der Waals surface area contributed by atoms with Gasteiger partial charge in [0.2, 0.25) is 0 Å². The summed E-state index contributed by atoms with van der Waals surface area (Å²) in [4.78, 5) is 38.3. The molecule has 72 heavy (non-hydrogen) atoms. The molecule has 0 aromatic heterocycles. The van der Waals surface area contributed by atoms with Gasteiger partial charge in [-0.25, -0.2) is 0 Å². The molecular formula is C66H124O6. The van der Waals surface area contributed by atoms with E-state index in [1.54, 1.807) is 0 Å². The van der Waals surface area contributed by atoms with E-state index in [-0.39, 0.29) is 31.1 Å².